The van der Waals surface area contributed by atoms with Crippen LogP contribution in [0, 0.1) is 5.92 Å². The van der Waals surface area contributed by atoms with Gasteiger partial charge in [-0.2, -0.15) is 0 Å². The summed E-state index contributed by atoms with van der Waals surface area (Å²) in [6, 6.07) is 0. The van der Waals surface area contributed by atoms with Gasteiger partial charge < -0.3 is 9.47 Å². The number of ether oxygens (including phenoxy) is 2. The highest BCUT2D eigenvalue weighted by atomic mass is 16.7. The van der Waals surface area contributed by atoms with Gasteiger partial charge in [-0.25, -0.2) is 0 Å². The minimum atomic E-state index is 0.319. The maximum Gasteiger partial charge on any atom is 0.229 e. The van der Waals surface area contributed by atoms with Crippen LogP contribution in [-0.2, 0) is 9.47 Å². The average molecular weight is 126 g/mol. The van der Waals surface area contributed by atoms with Crippen molar-refractivity contribution >= 4 is 0 Å². The highest BCUT2D eigenvalue weighted by Crippen LogP contribution is 2.02. The van der Waals surface area contributed by atoms with Crippen molar-refractivity contribution < 1.29 is 9.47 Å². The first-order valence-corrected chi connectivity index (χ1v) is 2.96. The molecule has 0 unspecified atom stereocenters. The molecule has 9 heavy (non-hydrogen) atoms. The van der Waals surface area contributed by atoms with Gasteiger partial charge in [-0.1, -0.05) is 6.92 Å². The van der Waals surface area contributed by atoms with Crippen LogP contribution in [0.3, 0.4) is 0 Å². The third-order valence-corrected chi connectivity index (χ3v) is 1.09. The summed E-state index contributed by atoms with van der Waals surface area (Å²) in [5.41, 5.74) is 0. The lowest BCUT2D eigenvalue weighted by molar-refractivity contribution is 0.0423. The molecule has 0 saturated carbocycles. The second-order valence-corrected chi connectivity index (χ2v) is 1.97. The van der Waals surface area contributed by atoms with Gasteiger partial charge in [0.05, 0.1) is 12.5 Å². The summed E-state index contributed by atoms with van der Waals surface area (Å²) in [4.78, 5) is 0. The molecule has 1 aliphatic rings. The van der Waals surface area contributed by atoms with Gasteiger partial charge in [-0.3, -0.25) is 0 Å². The van der Waals surface area contributed by atoms with Crippen LogP contribution < -0.4 is 0 Å². The fourth-order valence-corrected chi connectivity index (χ4v) is 0.541. The number of hydrogen-bond acceptors (Lipinski definition) is 2. The number of rotatable bonds is 0. The first-order valence-electron chi connectivity index (χ1n) is 2.96. The van der Waals surface area contributed by atoms with Gasteiger partial charge in [-0.15, -0.1) is 0 Å². The molecule has 0 saturated heterocycles. The largest absolute Gasteiger partial charge is 0.465 e. The molecule has 50 valence electrons. The third kappa shape index (κ3) is 2.22. The molecule has 0 bridgehead atoms. The Morgan fingerprint density at radius 3 is 2.33 bits per heavy atom. The zero-order valence-electron chi connectivity index (χ0n) is 5.41. The van der Waals surface area contributed by atoms with E-state index in [1.165, 1.54) is 0 Å². The van der Waals surface area contributed by atoms with Crippen molar-refractivity contribution in [3.63, 3.8) is 0 Å². The molecule has 0 aromatic rings. The molecular weight excluding hydrogens is 116 g/mol. The van der Waals surface area contributed by atoms with Gasteiger partial charge in [0.1, 0.15) is 0 Å². The summed E-state index contributed by atoms with van der Waals surface area (Å²) in [6.45, 7) is 2.38. The summed E-state index contributed by atoms with van der Waals surface area (Å²) >= 11 is 0. The third-order valence-electron chi connectivity index (χ3n) is 1.09. The van der Waals surface area contributed by atoms with Gasteiger partial charge in [-0.05, 0) is 18.1 Å². The van der Waals surface area contributed by atoms with Crippen molar-refractivity contribution in [2.45, 2.75) is 6.92 Å². The van der Waals surface area contributed by atoms with Crippen molar-refractivity contribution in [2.75, 3.05) is 6.79 Å². The van der Waals surface area contributed by atoms with Crippen molar-refractivity contribution in [2.24, 2.45) is 5.92 Å². The van der Waals surface area contributed by atoms with Gasteiger partial charge in [0.25, 0.3) is 0 Å². The van der Waals surface area contributed by atoms with Gasteiger partial charge in [0.2, 0.25) is 6.79 Å². The predicted molar refractivity (Wildman–Crippen MR) is 34.5 cm³/mol. The Balaban J connectivity index is 2.44. The summed E-state index contributed by atoms with van der Waals surface area (Å²) in [5.74, 6) is 0.408. The van der Waals surface area contributed by atoms with E-state index in [0.29, 0.717) is 12.7 Å². The Labute approximate surface area is 54.8 Å². The Morgan fingerprint density at radius 2 is 1.78 bits per heavy atom. The summed E-state index contributed by atoms with van der Waals surface area (Å²) in [7, 11) is 0. The lowest BCUT2D eigenvalue weighted by atomic mass is 10.2. The van der Waals surface area contributed by atoms with Crippen molar-refractivity contribution in [3.05, 3.63) is 24.7 Å². The maximum absolute atomic E-state index is 4.89. The quantitative estimate of drug-likeness (QED) is 0.491. The fourth-order valence-electron chi connectivity index (χ4n) is 0.541. The highest BCUT2D eigenvalue weighted by Gasteiger charge is 1.91. The first-order chi connectivity index (χ1) is 4.39. The minimum Gasteiger partial charge on any atom is -0.465 e. The Hall–Kier alpha value is -0.920. The van der Waals surface area contributed by atoms with Gasteiger partial charge in [0, 0.05) is 0 Å². The molecule has 1 aliphatic heterocycles. The average Bonchev–Trinajstić information content (AvgIpc) is 1.79. The molecule has 2 heteroatoms. The zero-order chi connectivity index (χ0) is 6.53. The Morgan fingerprint density at radius 1 is 1.22 bits per heavy atom. The zero-order valence-corrected chi connectivity index (χ0v) is 5.41. The molecule has 0 aromatic carbocycles. The first kappa shape index (κ1) is 6.20. The molecule has 0 spiro atoms. The summed E-state index contributed by atoms with van der Waals surface area (Å²) in [5, 5.41) is 0. The molecular formula is C7H10O2. The van der Waals surface area contributed by atoms with E-state index in [9.17, 15) is 0 Å². The van der Waals surface area contributed by atoms with Crippen LogP contribution in [0.15, 0.2) is 24.7 Å². The van der Waals surface area contributed by atoms with Crippen LogP contribution >= 0.6 is 0 Å². The molecule has 0 aromatic heterocycles. The van der Waals surface area contributed by atoms with Gasteiger partial charge >= 0.3 is 0 Å². The summed E-state index contributed by atoms with van der Waals surface area (Å²) < 4.78 is 9.78. The lowest BCUT2D eigenvalue weighted by Gasteiger charge is -2.05. The molecule has 0 aliphatic carbocycles. The molecule has 0 fully saturated rings. The minimum absolute atomic E-state index is 0.319. The predicted octanol–water partition coefficient (Wildman–Crippen LogP) is 1.65. The lowest BCUT2D eigenvalue weighted by Crippen LogP contribution is -1.94. The summed E-state index contributed by atoms with van der Waals surface area (Å²) in [6.07, 6.45) is 7.26. The van der Waals surface area contributed by atoms with Crippen LogP contribution in [0.5, 0.6) is 0 Å². The van der Waals surface area contributed by atoms with E-state index in [-0.39, 0.29) is 0 Å². The SMILES string of the molecule is CC1/C=C\OCO/C=C\1. The molecule has 0 N–H and O–H groups in total. The van der Waals surface area contributed by atoms with E-state index < -0.39 is 0 Å². The van der Waals surface area contributed by atoms with Crippen molar-refractivity contribution in [3.8, 4) is 0 Å². The van der Waals surface area contributed by atoms with Crippen LogP contribution in [-0.4, -0.2) is 6.79 Å². The smallest absolute Gasteiger partial charge is 0.229 e. The normalized spacial score (nSPS) is 26.8. The second kappa shape index (κ2) is 3.17. The van der Waals surface area contributed by atoms with Gasteiger partial charge in [0.15, 0.2) is 0 Å². The topological polar surface area (TPSA) is 18.5 Å². The number of hydrogen-bond donors (Lipinski definition) is 0. The molecule has 2 nitrogen and oxygen atoms in total. The molecule has 0 amide bonds. The standard InChI is InChI=1S/C7H10O2/c1-7-2-4-8-6-9-5-3-7/h2-5,7H,6H2,1H3/b4-2-,5-3-. The van der Waals surface area contributed by atoms with Crippen LogP contribution in [0.4, 0.5) is 0 Å². The Bertz CT molecular complexity index is 113. The van der Waals surface area contributed by atoms with Crippen LogP contribution in [0.25, 0.3) is 0 Å². The Kier molecular flexibility index (Phi) is 2.19. The fraction of sp³-hybridized carbons (Fsp3) is 0.429. The number of allylic oxidation sites excluding steroid dienone is 2. The molecule has 0 atom stereocenters. The van der Waals surface area contributed by atoms with E-state index in [4.69, 9.17) is 9.47 Å². The van der Waals surface area contributed by atoms with Crippen LogP contribution in [0.1, 0.15) is 6.92 Å². The monoisotopic (exact) mass is 126 g/mol. The van der Waals surface area contributed by atoms with E-state index >= 15 is 0 Å². The van der Waals surface area contributed by atoms with Crippen molar-refractivity contribution in [1.29, 1.82) is 0 Å². The maximum atomic E-state index is 4.89. The molecule has 1 rings (SSSR count). The highest BCUT2D eigenvalue weighted by molar-refractivity contribution is 4.94. The molecule has 1 heterocycles. The van der Waals surface area contributed by atoms with Crippen LogP contribution in [0.2, 0.25) is 0 Å². The van der Waals surface area contributed by atoms with E-state index in [0.717, 1.165) is 0 Å². The van der Waals surface area contributed by atoms with E-state index in [1.54, 1.807) is 12.5 Å². The second-order valence-electron chi connectivity index (χ2n) is 1.97. The van der Waals surface area contributed by atoms with Crippen molar-refractivity contribution in [1.82, 2.24) is 0 Å². The van der Waals surface area contributed by atoms with E-state index in [2.05, 4.69) is 6.92 Å². The van der Waals surface area contributed by atoms with E-state index in [1.807, 2.05) is 12.2 Å². The molecule has 0 radical (unpaired) electrons.